The summed E-state index contributed by atoms with van der Waals surface area (Å²) in [4.78, 5) is 11.8. The topological polar surface area (TPSA) is 38.3 Å². The molecular formula is C14H20BrNO2. The van der Waals surface area contributed by atoms with Gasteiger partial charge in [-0.3, -0.25) is 4.79 Å². The lowest BCUT2D eigenvalue weighted by Gasteiger charge is -2.11. The number of amides is 1. The molecule has 1 unspecified atom stereocenters. The van der Waals surface area contributed by atoms with Crippen molar-refractivity contribution in [3.8, 4) is 5.75 Å². The Hall–Kier alpha value is -1.03. The van der Waals surface area contributed by atoms with Gasteiger partial charge >= 0.3 is 0 Å². The summed E-state index contributed by atoms with van der Waals surface area (Å²) in [5.74, 6) is 1.17. The van der Waals surface area contributed by atoms with Crippen molar-refractivity contribution in [3.05, 3.63) is 29.8 Å². The van der Waals surface area contributed by atoms with Gasteiger partial charge in [-0.15, -0.1) is 0 Å². The highest BCUT2D eigenvalue weighted by molar-refractivity contribution is 9.09. The maximum atomic E-state index is 11.8. The van der Waals surface area contributed by atoms with E-state index in [4.69, 9.17) is 4.74 Å². The predicted octanol–water partition coefficient (Wildman–Crippen LogP) is 3.23. The maximum absolute atomic E-state index is 11.8. The molecule has 0 aliphatic carbocycles. The van der Waals surface area contributed by atoms with Crippen molar-refractivity contribution in [3.63, 3.8) is 0 Å². The molecule has 0 aliphatic heterocycles. The van der Waals surface area contributed by atoms with Crippen molar-refractivity contribution >= 4 is 21.8 Å². The van der Waals surface area contributed by atoms with Crippen LogP contribution >= 0.6 is 15.9 Å². The molecular weight excluding hydrogens is 294 g/mol. The molecule has 1 amide bonds. The number of hydrogen-bond acceptors (Lipinski definition) is 2. The first-order valence-corrected chi connectivity index (χ1v) is 7.26. The summed E-state index contributed by atoms with van der Waals surface area (Å²) in [6, 6.07) is 7.21. The zero-order valence-corrected chi connectivity index (χ0v) is 12.7. The van der Waals surface area contributed by atoms with Gasteiger partial charge in [0.2, 0.25) is 0 Å². The highest BCUT2D eigenvalue weighted by atomic mass is 79.9. The lowest BCUT2D eigenvalue weighted by atomic mass is 10.2. The standard InChI is InChI=1S/C14H20BrNO2/c1-10(2)18-13-6-4-12(5-7-13)14(17)16-9-11(3)8-15/h4-7,10-11H,8-9H2,1-3H3,(H,16,17). The molecule has 0 spiro atoms. The van der Waals surface area contributed by atoms with Gasteiger partial charge in [0.15, 0.2) is 0 Å². The molecule has 0 bridgehead atoms. The number of benzene rings is 1. The number of rotatable bonds is 6. The number of nitrogens with one attached hydrogen (secondary N) is 1. The van der Waals surface area contributed by atoms with Crippen LogP contribution < -0.4 is 10.1 Å². The molecule has 1 rings (SSSR count). The van der Waals surface area contributed by atoms with Crippen molar-refractivity contribution < 1.29 is 9.53 Å². The molecule has 1 aromatic carbocycles. The van der Waals surface area contributed by atoms with Gasteiger partial charge in [0, 0.05) is 17.4 Å². The normalized spacial score (nSPS) is 12.3. The first-order chi connectivity index (χ1) is 8.52. The van der Waals surface area contributed by atoms with Crippen LogP contribution in [0.2, 0.25) is 0 Å². The van der Waals surface area contributed by atoms with E-state index in [0.717, 1.165) is 11.1 Å². The van der Waals surface area contributed by atoms with E-state index in [2.05, 4.69) is 28.2 Å². The molecule has 0 radical (unpaired) electrons. The fraction of sp³-hybridized carbons (Fsp3) is 0.500. The van der Waals surface area contributed by atoms with Crippen LogP contribution in [0.3, 0.4) is 0 Å². The molecule has 1 aromatic rings. The van der Waals surface area contributed by atoms with Crippen molar-refractivity contribution in [2.45, 2.75) is 26.9 Å². The molecule has 4 heteroatoms. The third-order valence-electron chi connectivity index (χ3n) is 2.36. The Labute approximate surface area is 117 Å². The first kappa shape index (κ1) is 15.0. The molecule has 0 saturated carbocycles. The Morgan fingerprint density at radius 2 is 1.89 bits per heavy atom. The fourth-order valence-electron chi connectivity index (χ4n) is 1.38. The van der Waals surface area contributed by atoms with Gasteiger partial charge in [-0.05, 0) is 44.0 Å². The van der Waals surface area contributed by atoms with Gasteiger partial charge < -0.3 is 10.1 Å². The highest BCUT2D eigenvalue weighted by Crippen LogP contribution is 2.13. The van der Waals surface area contributed by atoms with Gasteiger partial charge in [-0.25, -0.2) is 0 Å². The summed E-state index contributed by atoms with van der Waals surface area (Å²) < 4.78 is 5.53. The first-order valence-electron chi connectivity index (χ1n) is 6.13. The number of carbonyl (C=O) groups excluding carboxylic acids is 1. The van der Waals surface area contributed by atoms with Crippen molar-refractivity contribution in [1.82, 2.24) is 5.32 Å². The highest BCUT2D eigenvalue weighted by Gasteiger charge is 2.07. The van der Waals surface area contributed by atoms with Crippen LogP contribution in [0.25, 0.3) is 0 Å². The molecule has 100 valence electrons. The van der Waals surface area contributed by atoms with E-state index in [9.17, 15) is 4.79 Å². The molecule has 0 heterocycles. The van der Waals surface area contributed by atoms with Crippen LogP contribution in [0.1, 0.15) is 31.1 Å². The Kier molecular flexibility index (Phi) is 6.19. The predicted molar refractivity (Wildman–Crippen MR) is 77.5 cm³/mol. The van der Waals surface area contributed by atoms with Crippen LogP contribution in [-0.2, 0) is 0 Å². The van der Waals surface area contributed by atoms with E-state index in [-0.39, 0.29) is 12.0 Å². The number of ether oxygens (including phenoxy) is 1. The van der Waals surface area contributed by atoms with E-state index in [1.165, 1.54) is 0 Å². The summed E-state index contributed by atoms with van der Waals surface area (Å²) in [6.45, 7) is 6.70. The Bertz CT molecular complexity index is 376. The van der Waals surface area contributed by atoms with Gasteiger partial charge in [0.05, 0.1) is 6.10 Å². The van der Waals surface area contributed by atoms with Crippen LogP contribution in [0.5, 0.6) is 5.75 Å². The van der Waals surface area contributed by atoms with E-state index in [1.54, 1.807) is 12.1 Å². The van der Waals surface area contributed by atoms with Crippen LogP contribution in [-0.4, -0.2) is 23.9 Å². The lowest BCUT2D eigenvalue weighted by molar-refractivity contribution is 0.0949. The second kappa shape index (κ2) is 7.41. The maximum Gasteiger partial charge on any atom is 0.251 e. The number of hydrogen-bond donors (Lipinski definition) is 1. The van der Waals surface area contributed by atoms with Crippen molar-refractivity contribution in [2.75, 3.05) is 11.9 Å². The van der Waals surface area contributed by atoms with Crippen molar-refractivity contribution in [2.24, 2.45) is 5.92 Å². The zero-order chi connectivity index (χ0) is 13.5. The fourth-order valence-corrected chi connectivity index (χ4v) is 1.61. The number of alkyl halides is 1. The summed E-state index contributed by atoms with van der Waals surface area (Å²) in [5, 5.41) is 3.78. The third-order valence-corrected chi connectivity index (χ3v) is 3.47. The summed E-state index contributed by atoms with van der Waals surface area (Å²) in [6.07, 6.45) is 0.143. The Balaban J connectivity index is 2.53. The Morgan fingerprint density at radius 3 is 2.39 bits per heavy atom. The third kappa shape index (κ3) is 5.08. The Morgan fingerprint density at radius 1 is 1.28 bits per heavy atom. The van der Waals surface area contributed by atoms with Gasteiger partial charge in [0.25, 0.3) is 5.91 Å². The quantitative estimate of drug-likeness (QED) is 0.819. The minimum atomic E-state index is -0.0427. The molecule has 0 aromatic heterocycles. The van der Waals surface area contributed by atoms with Gasteiger partial charge in [0.1, 0.15) is 5.75 Å². The smallest absolute Gasteiger partial charge is 0.251 e. The summed E-state index contributed by atoms with van der Waals surface area (Å²) >= 11 is 3.39. The number of halogens is 1. The lowest BCUT2D eigenvalue weighted by Crippen LogP contribution is -2.28. The van der Waals surface area contributed by atoms with Crippen LogP contribution in [0, 0.1) is 5.92 Å². The molecule has 18 heavy (non-hydrogen) atoms. The van der Waals surface area contributed by atoms with E-state index in [0.29, 0.717) is 18.0 Å². The second-order valence-electron chi connectivity index (χ2n) is 4.66. The van der Waals surface area contributed by atoms with E-state index in [1.807, 2.05) is 26.0 Å². The van der Waals surface area contributed by atoms with E-state index >= 15 is 0 Å². The van der Waals surface area contributed by atoms with Crippen molar-refractivity contribution in [1.29, 1.82) is 0 Å². The van der Waals surface area contributed by atoms with E-state index < -0.39 is 0 Å². The monoisotopic (exact) mass is 313 g/mol. The molecule has 0 aliphatic rings. The average Bonchev–Trinajstić information content (AvgIpc) is 2.35. The molecule has 1 atom stereocenters. The van der Waals surface area contributed by atoms with Crippen LogP contribution in [0.4, 0.5) is 0 Å². The largest absolute Gasteiger partial charge is 0.491 e. The van der Waals surface area contributed by atoms with Gasteiger partial charge in [-0.2, -0.15) is 0 Å². The SMILES string of the molecule is CC(CBr)CNC(=O)c1ccc(OC(C)C)cc1. The minimum absolute atomic E-state index is 0.0427. The summed E-state index contributed by atoms with van der Waals surface area (Å²) in [5.41, 5.74) is 0.660. The zero-order valence-electron chi connectivity index (χ0n) is 11.1. The van der Waals surface area contributed by atoms with Crippen LogP contribution in [0.15, 0.2) is 24.3 Å². The molecule has 3 nitrogen and oxygen atoms in total. The molecule has 0 fully saturated rings. The summed E-state index contributed by atoms with van der Waals surface area (Å²) in [7, 11) is 0. The molecule has 0 saturated heterocycles. The second-order valence-corrected chi connectivity index (χ2v) is 5.31. The minimum Gasteiger partial charge on any atom is -0.491 e. The molecule has 1 N–H and O–H groups in total. The van der Waals surface area contributed by atoms with Gasteiger partial charge in [-0.1, -0.05) is 22.9 Å². The average molecular weight is 314 g/mol. The number of carbonyl (C=O) groups is 1.